The average molecular weight is 556 g/mol. The normalized spacial score (nSPS) is 12.8. The van der Waals surface area contributed by atoms with Gasteiger partial charge in [-0.2, -0.15) is 4.72 Å². The van der Waals surface area contributed by atoms with Gasteiger partial charge in [0.2, 0.25) is 22.2 Å². The van der Waals surface area contributed by atoms with Crippen LogP contribution in [0.15, 0.2) is 59.5 Å². The second-order valence-electron chi connectivity index (χ2n) is 8.48. The van der Waals surface area contributed by atoms with E-state index in [1.165, 1.54) is 32.4 Å². The molecule has 12 nitrogen and oxygen atoms in total. The SMILES string of the molecule is COc1cc2ccc(S(=O)(=O)N[C@@H](CC(=O)O)C(=O)N[C@H]([C]=O)Cc3ccc(C(=N)N)cc3)cc2cc1OC. The Bertz CT molecular complexity index is 1510. The molecule has 0 bridgehead atoms. The number of nitrogen functional groups attached to an aromatic ring is 1. The van der Waals surface area contributed by atoms with Crippen LogP contribution in [0, 0.1) is 5.41 Å². The summed E-state index contributed by atoms with van der Waals surface area (Å²) in [4.78, 5) is 35.6. The number of benzene rings is 3. The Balaban J connectivity index is 1.81. The number of methoxy groups -OCH3 is 2. The minimum absolute atomic E-state index is 0.00403. The zero-order chi connectivity index (χ0) is 28.7. The average Bonchev–Trinajstić information content (AvgIpc) is 2.90. The summed E-state index contributed by atoms with van der Waals surface area (Å²) in [6.45, 7) is 0. The molecule has 0 unspecified atom stereocenters. The van der Waals surface area contributed by atoms with Crippen molar-refractivity contribution >= 4 is 44.8 Å². The van der Waals surface area contributed by atoms with Gasteiger partial charge in [0.15, 0.2) is 11.5 Å². The summed E-state index contributed by atoms with van der Waals surface area (Å²) in [7, 11) is -1.46. The van der Waals surface area contributed by atoms with Crippen LogP contribution in [0.5, 0.6) is 11.5 Å². The summed E-state index contributed by atoms with van der Waals surface area (Å²) in [6, 6.07) is 10.9. The fourth-order valence-corrected chi connectivity index (χ4v) is 5.02. The van der Waals surface area contributed by atoms with Crippen molar-refractivity contribution in [2.75, 3.05) is 14.2 Å². The standard InChI is InChI=1S/C26H27N4O8S/c1-37-22-11-17-7-8-20(10-18(17)12-23(22)38-2)39(35,36)30-21(13-24(32)33)26(34)29-19(14-31)9-15-3-5-16(6-4-15)25(27)28/h3-8,10-12,19,21,30H,9,13H2,1-2H3,(H3,27,28)(H,29,34)(H,32,33)/t19-,21-/m0/s1. The largest absolute Gasteiger partial charge is 0.493 e. The molecule has 0 saturated carbocycles. The van der Waals surface area contributed by atoms with Gasteiger partial charge in [-0.1, -0.05) is 30.3 Å². The fraction of sp³-hybridized carbons (Fsp3) is 0.231. The molecule has 0 saturated heterocycles. The van der Waals surface area contributed by atoms with Crippen LogP contribution < -0.4 is 25.2 Å². The molecule has 3 aromatic rings. The van der Waals surface area contributed by atoms with Gasteiger partial charge < -0.3 is 25.6 Å². The highest BCUT2D eigenvalue weighted by atomic mass is 32.2. The van der Waals surface area contributed by atoms with Crippen LogP contribution in [0.3, 0.4) is 0 Å². The highest BCUT2D eigenvalue weighted by Gasteiger charge is 2.30. The first kappa shape index (κ1) is 29.1. The van der Waals surface area contributed by atoms with Crippen molar-refractivity contribution < 1.29 is 37.4 Å². The molecule has 0 aliphatic heterocycles. The van der Waals surface area contributed by atoms with E-state index >= 15 is 0 Å². The van der Waals surface area contributed by atoms with Gasteiger partial charge in [0.1, 0.15) is 11.9 Å². The number of sulfonamides is 1. The second-order valence-corrected chi connectivity index (χ2v) is 10.2. The molecule has 205 valence electrons. The molecular weight excluding hydrogens is 528 g/mol. The summed E-state index contributed by atoms with van der Waals surface area (Å²) >= 11 is 0. The third kappa shape index (κ3) is 7.30. The summed E-state index contributed by atoms with van der Waals surface area (Å²) in [6.07, 6.45) is 0.790. The number of ether oxygens (including phenoxy) is 2. The number of amidine groups is 1. The number of fused-ring (bicyclic) bond motifs is 1. The van der Waals surface area contributed by atoms with Gasteiger partial charge >= 0.3 is 5.97 Å². The molecular formula is C26H27N4O8S. The van der Waals surface area contributed by atoms with Gasteiger partial charge in [-0.05, 0) is 40.6 Å². The summed E-state index contributed by atoms with van der Waals surface area (Å²) in [5, 5.41) is 20.2. The van der Waals surface area contributed by atoms with E-state index < -0.39 is 40.4 Å². The van der Waals surface area contributed by atoms with Crippen molar-refractivity contribution in [3.05, 3.63) is 65.7 Å². The number of nitrogens with one attached hydrogen (secondary N) is 3. The van der Waals surface area contributed by atoms with Crippen molar-refractivity contribution in [2.24, 2.45) is 5.73 Å². The Morgan fingerprint density at radius 1 is 1.03 bits per heavy atom. The number of hydrogen-bond acceptors (Lipinski definition) is 8. The number of aliphatic carboxylic acids is 1. The molecule has 6 N–H and O–H groups in total. The highest BCUT2D eigenvalue weighted by molar-refractivity contribution is 7.89. The Hall–Kier alpha value is -4.49. The van der Waals surface area contributed by atoms with Gasteiger partial charge in [0.05, 0.1) is 31.6 Å². The van der Waals surface area contributed by atoms with Crippen LogP contribution in [0.25, 0.3) is 10.8 Å². The van der Waals surface area contributed by atoms with Crippen LogP contribution in [0.4, 0.5) is 0 Å². The number of rotatable bonds is 13. The first-order chi connectivity index (χ1) is 18.5. The molecule has 13 heteroatoms. The molecule has 39 heavy (non-hydrogen) atoms. The molecule has 0 spiro atoms. The number of carboxylic acids is 1. The van der Waals surface area contributed by atoms with Crippen molar-refractivity contribution in [1.82, 2.24) is 10.0 Å². The Labute approximate surface area is 224 Å². The number of carbonyl (C=O) groups is 2. The van der Waals surface area contributed by atoms with Gasteiger partial charge in [0, 0.05) is 12.0 Å². The smallest absolute Gasteiger partial charge is 0.305 e. The van der Waals surface area contributed by atoms with E-state index in [2.05, 4.69) is 10.0 Å². The van der Waals surface area contributed by atoms with Crippen molar-refractivity contribution in [2.45, 2.75) is 29.8 Å². The van der Waals surface area contributed by atoms with Crippen LogP contribution in [0.2, 0.25) is 0 Å². The summed E-state index contributed by atoms with van der Waals surface area (Å²) in [5.41, 5.74) is 6.50. The zero-order valence-electron chi connectivity index (χ0n) is 21.1. The van der Waals surface area contributed by atoms with E-state index in [4.69, 9.17) is 20.6 Å². The number of amides is 1. The van der Waals surface area contributed by atoms with E-state index in [0.717, 1.165) is 0 Å². The fourth-order valence-electron chi connectivity index (χ4n) is 3.79. The van der Waals surface area contributed by atoms with Gasteiger partial charge in [0.25, 0.3) is 0 Å². The first-order valence-corrected chi connectivity index (χ1v) is 13.0. The number of carboxylic acid groups (broad SMARTS) is 1. The van der Waals surface area contributed by atoms with E-state index in [1.807, 2.05) is 0 Å². The topological polar surface area (TPSA) is 198 Å². The van der Waals surface area contributed by atoms with Crippen LogP contribution in [-0.2, 0) is 30.8 Å². The van der Waals surface area contributed by atoms with Crippen LogP contribution >= 0.6 is 0 Å². The Morgan fingerprint density at radius 2 is 1.64 bits per heavy atom. The van der Waals surface area contributed by atoms with E-state index in [9.17, 15) is 27.9 Å². The molecule has 3 rings (SSSR count). The van der Waals surface area contributed by atoms with Crippen molar-refractivity contribution in [1.29, 1.82) is 5.41 Å². The lowest BCUT2D eigenvalue weighted by molar-refractivity contribution is -0.139. The molecule has 2 atom stereocenters. The first-order valence-electron chi connectivity index (χ1n) is 11.5. The summed E-state index contributed by atoms with van der Waals surface area (Å²) < 4.78 is 38.9. The minimum Gasteiger partial charge on any atom is -0.493 e. The van der Waals surface area contributed by atoms with Gasteiger partial charge in [-0.3, -0.25) is 19.8 Å². The maximum absolute atomic E-state index is 13.1. The van der Waals surface area contributed by atoms with E-state index in [1.54, 1.807) is 42.7 Å². The monoisotopic (exact) mass is 555 g/mol. The lowest BCUT2D eigenvalue weighted by atomic mass is 10.0. The molecule has 0 aliphatic carbocycles. The number of nitrogens with two attached hydrogens (primary N) is 1. The molecule has 0 heterocycles. The molecule has 0 fully saturated rings. The molecule has 0 aliphatic rings. The van der Waals surface area contributed by atoms with Crippen molar-refractivity contribution in [3.63, 3.8) is 0 Å². The van der Waals surface area contributed by atoms with Crippen LogP contribution in [0.1, 0.15) is 17.5 Å². The number of hydrogen-bond donors (Lipinski definition) is 5. The Morgan fingerprint density at radius 3 is 2.18 bits per heavy atom. The van der Waals surface area contributed by atoms with Crippen LogP contribution in [-0.4, -0.2) is 63.8 Å². The quantitative estimate of drug-likeness (QED) is 0.151. The van der Waals surface area contributed by atoms with Gasteiger partial charge in [-0.25, -0.2) is 8.42 Å². The molecule has 1 radical (unpaired) electrons. The lowest BCUT2D eigenvalue weighted by Gasteiger charge is -2.20. The summed E-state index contributed by atoms with van der Waals surface area (Å²) in [5.74, 6) is -1.75. The lowest BCUT2D eigenvalue weighted by Crippen LogP contribution is -2.51. The third-order valence-electron chi connectivity index (χ3n) is 5.78. The van der Waals surface area contributed by atoms with E-state index in [0.29, 0.717) is 33.4 Å². The predicted octanol–water partition coefficient (Wildman–Crippen LogP) is 1.10. The second kappa shape index (κ2) is 12.4. The molecule has 1 amide bonds. The number of carbonyl (C=O) groups excluding carboxylic acids is 2. The third-order valence-corrected chi connectivity index (χ3v) is 7.25. The zero-order valence-corrected chi connectivity index (χ0v) is 21.9. The maximum atomic E-state index is 13.1. The highest BCUT2D eigenvalue weighted by Crippen LogP contribution is 2.33. The molecule has 3 aromatic carbocycles. The predicted molar refractivity (Wildman–Crippen MR) is 142 cm³/mol. The maximum Gasteiger partial charge on any atom is 0.305 e. The van der Waals surface area contributed by atoms with E-state index in [-0.39, 0.29) is 17.2 Å². The Kier molecular flexibility index (Phi) is 9.22. The van der Waals surface area contributed by atoms with Crippen molar-refractivity contribution in [3.8, 4) is 11.5 Å². The van der Waals surface area contributed by atoms with Gasteiger partial charge in [-0.15, -0.1) is 0 Å². The molecule has 0 aromatic heterocycles. The minimum atomic E-state index is -4.37.